The molecule has 0 aliphatic carbocycles. The van der Waals surface area contributed by atoms with Crippen molar-refractivity contribution < 1.29 is 42.1 Å². The van der Waals surface area contributed by atoms with E-state index in [4.69, 9.17) is 9.97 Å². The molecule has 86 heavy (non-hydrogen) atoms. The van der Waals surface area contributed by atoms with E-state index in [2.05, 4.69) is 247 Å². The molecular formula is C72H42N10Pt2S2. The van der Waals surface area contributed by atoms with Gasteiger partial charge in [-0.05, 0) is 81.9 Å². The Bertz CT molecular complexity index is 5440. The molecule has 0 aliphatic heterocycles. The first kappa shape index (κ1) is 53.2. The first-order valence-electron chi connectivity index (χ1n) is 27.5. The van der Waals surface area contributed by atoms with Crippen LogP contribution in [0.1, 0.15) is 0 Å². The van der Waals surface area contributed by atoms with Crippen molar-refractivity contribution in [3.63, 3.8) is 0 Å². The van der Waals surface area contributed by atoms with Crippen LogP contribution < -0.4 is 0 Å². The number of hydrogen-bond donors (Lipinski definition) is 0. The predicted octanol–water partition coefficient (Wildman–Crippen LogP) is 17.6. The van der Waals surface area contributed by atoms with E-state index < -0.39 is 0 Å². The summed E-state index contributed by atoms with van der Waals surface area (Å²) in [6, 6.07) is 90.7. The average Bonchev–Trinajstić information content (AvgIpc) is 1.76. The number of hydrogen-bond acceptors (Lipinski definition) is 6. The monoisotopic (exact) mass is 1500 g/mol. The van der Waals surface area contributed by atoms with E-state index >= 15 is 0 Å². The summed E-state index contributed by atoms with van der Waals surface area (Å²) in [5, 5.41) is 22.5. The SMILES string of the molecule is [Pt+2].[Pt+2].[c-]1c(-c2ncc(-n3c4ccccc4c4ccccc43)s2)cccc1-n1c2[c-]c(-n3cccn3)ccc2c2ccccc21.[c-]1c(-n2cccn2)cccc1-n1c2[c-]c(-c3ncc(-n4c5ccccc5c5ccccc54)s3)ccc2c2ccccc21. The van der Waals surface area contributed by atoms with Gasteiger partial charge < -0.3 is 9.13 Å². The average molecular weight is 1500 g/mol. The van der Waals surface area contributed by atoms with Crippen LogP contribution in [0.3, 0.4) is 0 Å². The quantitative estimate of drug-likeness (QED) is 0.142. The molecule has 0 atom stereocenters. The summed E-state index contributed by atoms with van der Waals surface area (Å²) in [4.78, 5) is 9.79. The summed E-state index contributed by atoms with van der Waals surface area (Å²) in [7, 11) is 0. The molecule has 10 aromatic carbocycles. The summed E-state index contributed by atoms with van der Waals surface area (Å²) in [6.45, 7) is 0. The van der Waals surface area contributed by atoms with Crippen molar-refractivity contribution in [2.75, 3.05) is 0 Å². The molecule has 18 rings (SSSR count). The molecule has 0 fully saturated rings. The Balaban J connectivity index is 0.000000142. The van der Waals surface area contributed by atoms with Crippen LogP contribution in [0, 0.1) is 24.3 Å². The van der Waals surface area contributed by atoms with Crippen LogP contribution in [0.5, 0.6) is 0 Å². The first-order chi connectivity index (χ1) is 41.7. The van der Waals surface area contributed by atoms with Crippen LogP contribution >= 0.6 is 22.7 Å². The van der Waals surface area contributed by atoms with Crippen molar-refractivity contribution >= 4 is 110 Å². The maximum absolute atomic E-state index is 4.90. The van der Waals surface area contributed by atoms with E-state index in [1.807, 2.05) is 58.4 Å². The van der Waals surface area contributed by atoms with Gasteiger partial charge in [-0.1, -0.05) is 126 Å². The third-order valence-electron chi connectivity index (χ3n) is 15.7. The van der Waals surface area contributed by atoms with Gasteiger partial charge in [-0.2, -0.15) is 22.3 Å². The molecule has 0 saturated carbocycles. The molecule has 0 spiro atoms. The fourth-order valence-corrected chi connectivity index (χ4v) is 13.9. The van der Waals surface area contributed by atoms with Crippen molar-refractivity contribution in [2.24, 2.45) is 0 Å². The molecule has 0 amide bonds. The molecule has 0 radical (unpaired) electrons. The van der Waals surface area contributed by atoms with E-state index in [1.165, 1.54) is 54.4 Å². The third kappa shape index (κ3) is 8.74. The number of nitrogens with zero attached hydrogens (tertiary/aromatic N) is 10. The van der Waals surface area contributed by atoms with Gasteiger partial charge in [0, 0.05) is 67.4 Å². The zero-order chi connectivity index (χ0) is 55.2. The predicted molar refractivity (Wildman–Crippen MR) is 342 cm³/mol. The van der Waals surface area contributed by atoms with Gasteiger partial charge in [0.2, 0.25) is 0 Å². The van der Waals surface area contributed by atoms with Crippen LogP contribution in [0.25, 0.3) is 141 Å². The largest absolute Gasteiger partial charge is 2.00 e. The summed E-state index contributed by atoms with van der Waals surface area (Å²) >= 11 is 3.36. The van der Waals surface area contributed by atoms with Crippen molar-refractivity contribution in [3.8, 4) is 53.9 Å². The Morgan fingerprint density at radius 2 is 0.663 bits per heavy atom. The normalized spacial score (nSPS) is 11.5. The Morgan fingerprint density at radius 3 is 1.13 bits per heavy atom. The van der Waals surface area contributed by atoms with Crippen molar-refractivity contribution in [1.29, 1.82) is 0 Å². The first-order valence-corrected chi connectivity index (χ1v) is 29.2. The molecule has 0 aliphatic rings. The summed E-state index contributed by atoms with van der Waals surface area (Å²) < 4.78 is 12.8. The van der Waals surface area contributed by atoms with Gasteiger partial charge >= 0.3 is 42.1 Å². The maximum atomic E-state index is 4.90. The van der Waals surface area contributed by atoms with E-state index in [9.17, 15) is 0 Å². The second-order valence-electron chi connectivity index (χ2n) is 20.5. The van der Waals surface area contributed by atoms with E-state index in [1.54, 1.807) is 35.1 Å². The topological polar surface area (TPSA) is 81.1 Å². The summed E-state index contributed by atoms with van der Waals surface area (Å²) in [6.07, 6.45) is 11.4. The second-order valence-corrected chi connectivity index (χ2v) is 22.5. The summed E-state index contributed by atoms with van der Waals surface area (Å²) in [5.41, 5.74) is 14.5. The molecule has 18 aromatic rings. The zero-order valence-corrected chi connectivity index (χ0v) is 51.3. The molecule has 10 nitrogen and oxygen atoms in total. The van der Waals surface area contributed by atoms with Gasteiger partial charge in [-0.25, -0.2) is 0 Å². The van der Waals surface area contributed by atoms with Crippen molar-refractivity contribution in [3.05, 3.63) is 280 Å². The van der Waals surface area contributed by atoms with Crippen molar-refractivity contribution in [1.82, 2.24) is 47.8 Å². The van der Waals surface area contributed by atoms with Crippen LogP contribution in [0.4, 0.5) is 0 Å². The fourth-order valence-electron chi connectivity index (χ4n) is 12.1. The Hall–Kier alpha value is -9.54. The minimum absolute atomic E-state index is 0. The molecule has 8 aromatic heterocycles. The molecule has 14 heteroatoms. The number of benzene rings is 10. The van der Waals surface area contributed by atoms with Crippen LogP contribution in [-0.4, -0.2) is 47.8 Å². The third-order valence-corrected chi connectivity index (χ3v) is 17.8. The number of para-hydroxylation sites is 6. The molecular weight excluding hydrogens is 1460 g/mol. The van der Waals surface area contributed by atoms with E-state index in [-0.39, 0.29) is 42.1 Å². The maximum Gasteiger partial charge on any atom is 2.00 e. The minimum atomic E-state index is 0. The smallest absolute Gasteiger partial charge is 0.352 e. The summed E-state index contributed by atoms with van der Waals surface area (Å²) in [5.74, 6) is 0. The van der Waals surface area contributed by atoms with Gasteiger partial charge in [-0.3, -0.25) is 28.5 Å². The Kier molecular flexibility index (Phi) is 13.5. The van der Waals surface area contributed by atoms with Gasteiger partial charge in [0.05, 0.1) is 34.5 Å². The van der Waals surface area contributed by atoms with Crippen LogP contribution in [-0.2, 0) is 42.1 Å². The van der Waals surface area contributed by atoms with Gasteiger partial charge in [0.25, 0.3) is 0 Å². The standard InChI is InChI=1S/2C36H21N5S.2Pt/c1-4-14-31-29(13-1)30-18-17-24(21-34(30)40(31)26-10-7-9-25(22-26)39-20-8-19-38-39)36-37-23-35(42-36)41-32-15-5-2-11-27(32)28-12-3-6-16-33(28)41;1-4-14-31-29(13-1)30-18-17-25(39-20-8-19-38-39)22-34(30)40(31)26-10-7-9-24(21-26)36-37-23-35(42-36)41-32-15-5-2-11-27(32)28-12-3-6-16-33(28)41;;/h2*1-20,23H;;/q2*-2;2*+2. The van der Waals surface area contributed by atoms with Gasteiger partial charge in [0.1, 0.15) is 10.0 Å². The van der Waals surface area contributed by atoms with Gasteiger partial charge in [0.15, 0.2) is 0 Å². The van der Waals surface area contributed by atoms with E-state index in [0.29, 0.717) is 0 Å². The zero-order valence-electron chi connectivity index (χ0n) is 45.2. The Labute approximate surface area is 529 Å². The number of rotatable bonds is 8. The molecule has 0 bridgehead atoms. The minimum Gasteiger partial charge on any atom is -0.352 e. The van der Waals surface area contributed by atoms with E-state index in [0.717, 1.165) is 86.7 Å². The fraction of sp³-hybridized carbons (Fsp3) is 0. The molecule has 0 N–H and O–H groups in total. The molecule has 0 saturated heterocycles. The molecule has 8 heterocycles. The van der Waals surface area contributed by atoms with Crippen molar-refractivity contribution in [2.45, 2.75) is 0 Å². The number of fused-ring (bicyclic) bond motifs is 12. The second kappa shape index (κ2) is 21.8. The van der Waals surface area contributed by atoms with Gasteiger partial charge in [-0.15, -0.1) is 112 Å². The number of thiazole rings is 2. The number of aromatic nitrogens is 10. The van der Waals surface area contributed by atoms with Crippen LogP contribution in [0.15, 0.2) is 256 Å². The molecule has 0 unspecified atom stereocenters. The molecule has 412 valence electrons. The van der Waals surface area contributed by atoms with Crippen LogP contribution in [0.2, 0.25) is 0 Å². The Morgan fingerprint density at radius 1 is 0.291 bits per heavy atom.